The summed E-state index contributed by atoms with van der Waals surface area (Å²) in [5, 5.41) is 3.68. The third-order valence-corrected chi connectivity index (χ3v) is 3.18. The highest BCUT2D eigenvalue weighted by atomic mass is 32.1. The Hall–Kier alpha value is -1.54. The Morgan fingerprint density at radius 3 is 2.90 bits per heavy atom. The van der Waals surface area contributed by atoms with Crippen molar-refractivity contribution >= 4 is 41.6 Å². The second-order valence-corrected chi connectivity index (χ2v) is 5.15. The van der Waals surface area contributed by atoms with Crippen LogP contribution in [-0.4, -0.2) is 27.0 Å². The van der Waals surface area contributed by atoms with Crippen molar-refractivity contribution in [2.75, 3.05) is 0 Å². The zero-order valence-corrected chi connectivity index (χ0v) is 12.5. The van der Waals surface area contributed by atoms with Crippen molar-refractivity contribution in [1.29, 1.82) is 0 Å². The molecule has 2 heterocycles. The first kappa shape index (κ1) is 14.9. The first-order valence-corrected chi connectivity index (χ1v) is 6.55. The van der Waals surface area contributed by atoms with Gasteiger partial charge in [-0.25, -0.2) is 13.8 Å². The van der Waals surface area contributed by atoms with Gasteiger partial charge in [-0.3, -0.25) is 9.83 Å². The molecular weight excluding hydrogens is 302 g/mol. The molecule has 4 nitrogen and oxygen atoms in total. The summed E-state index contributed by atoms with van der Waals surface area (Å²) in [7, 11) is 0. The molecule has 0 aliphatic rings. The Labute approximate surface area is 125 Å². The van der Waals surface area contributed by atoms with Crippen molar-refractivity contribution < 1.29 is 8.78 Å². The summed E-state index contributed by atoms with van der Waals surface area (Å²) in [4.78, 5) is 4.50. The van der Waals surface area contributed by atoms with Crippen LogP contribution in [0.1, 0.15) is 17.1 Å². The molecule has 0 fully saturated rings. The standard InChI is InChI=1S/C12H12F2N4S2/c1-6-3-8(19)5-18-9(16-7(2)10(6)18)4-15-17-12(20)11(13)14/h3-5,11,19H,1-2H3,(H,17,20). The summed E-state index contributed by atoms with van der Waals surface area (Å²) in [6.07, 6.45) is 0.409. The van der Waals surface area contributed by atoms with Gasteiger partial charge >= 0.3 is 0 Å². The molecule has 0 bridgehead atoms. The Balaban J connectivity index is 2.36. The number of hydrogen-bond donors (Lipinski definition) is 2. The molecule has 20 heavy (non-hydrogen) atoms. The highest BCUT2D eigenvalue weighted by Gasteiger charge is 2.11. The molecule has 0 amide bonds. The second-order valence-electron chi connectivity index (χ2n) is 4.19. The maximum atomic E-state index is 12.2. The Morgan fingerprint density at radius 2 is 2.25 bits per heavy atom. The summed E-state index contributed by atoms with van der Waals surface area (Å²) in [6.45, 7) is 3.82. The van der Waals surface area contributed by atoms with E-state index in [1.807, 2.05) is 24.3 Å². The summed E-state index contributed by atoms with van der Waals surface area (Å²) < 4.78 is 26.2. The minimum atomic E-state index is -2.73. The van der Waals surface area contributed by atoms with E-state index in [4.69, 9.17) is 0 Å². The van der Waals surface area contributed by atoms with Crippen LogP contribution in [-0.2, 0) is 0 Å². The molecule has 0 aliphatic heterocycles. The van der Waals surface area contributed by atoms with Gasteiger partial charge in [0.25, 0.3) is 6.43 Å². The van der Waals surface area contributed by atoms with Crippen LogP contribution < -0.4 is 5.43 Å². The number of nitrogens with zero attached hydrogens (tertiary/aromatic N) is 3. The van der Waals surface area contributed by atoms with Crippen LogP contribution in [0.2, 0.25) is 0 Å². The molecule has 0 atom stereocenters. The molecule has 0 spiro atoms. The minimum absolute atomic E-state index is 0.515. The van der Waals surface area contributed by atoms with Crippen LogP contribution in [0.25, 0.3) is 5.52 Å². The minimum Gasteiger partial charge on any atom is -0.297 e. The first-order chi connectivity index (χ1) is 9.40. The van der Waals surface area contributed by atoms with E-state index in [-0.39, 0.29) is 0 Å². The number of hydrogen-bond acceptors (Lipinski definition) is 4. The number of hydrazone groups is 1. The van der Waals surface area contributed by atoms with Crippen molar-refractivity contribution in [3.8, 4) is 0 Å². The Bertz CT molecular complexity index is 694. The number of thiocarbonyl (C=S) groups is 1. The SMILES string of the molecule is Cc1cc(S)cn2c(C=NNC(=S)C(F)F)nc(C)c12. The van der Waals surface area contributed by atoms with Gasteiger partial charge in [-0.05, 0) is 25.5 Å². The molecule has 0 saturated carbocycles. The predicted molar refractivity (Wildman–Crippen MR) is 81.2 cm³/mol. The molecule has 1 N–H and O–H groups in total. The molecular formula is C12H12F2N4S2. The van der Waals surface area contributed by atoms with E-state index in [1.165, 1.54) is 6.21 Å². The van der Waals surface area contributed by atoms with Crippen LogP contribution in [0.15, 0.2) is 22.3 Å². The average molecular weight is 314 g/mol. The van der Waals surface area contributed by atoms with Gasteiger partial charge in [0.2, 0.25) is 0 Å². The maximum Gasteiger partial charge on any atom is 0.289 e. The molecule has 2 aromatic rings. The van der Waals surface area contributed by atoms with E-state index < -0.39 is 11.4 Å². The summed E-state index contributed by atoms with van der Waals surface area (Å²) in [5.74, 6) is 0.515. The number of pyridine rings is 1. The maximum absolute atomic E-state index is 12.2. The van der Waals surface area contributed by atoms with Crippen LogP contribution in [0.5, 0.6) is 0 Å². The molecule has 2 aromatic heterocycles. The van der Waals surface area contributed by atoms with Crippen molar-refractivity contribution in [3.63, 3.8) is 0 Å². The number of alkyl halides is 2. The quantitative estimate of drug-likeness (QED) is 0.396. The van der Waals surface area contributed by atoms with Gasteiger partial charge in [0.1, 0.15) is 0 Å². The summed E-state index contributed by atoms with van der Waals surface area (Å²) in [5.41, 5.74) is 4.91. The molecule has 0 radical (unpaired) electrons. The third kappa shape index (κ3) is 2.96. The van der Waals surface area contributed by atoms with Crippen molar-refractivity contribution in [2.24, 2.45) is 5.10 Å². The topological polar surface area (TPSA) is 41.7 Å². The van der Waals surface area contributed by atoms with Crippen LogP contribution in [0.3, 0.4) is 0 Å². The van der Waals surface area contributed by atoms with E-state index in [0.717, 1.165) is 21.7 Å². The normalized spacial score (nSPS) is 11.7. The zero-order chi connectivity index (χ0) is 14.9. The zero-order valence-electron chi connectivity index (χ0n) is 10.8. The number of nitrogens with one attached hydrogen (secondary N) is 1. The molecule has 2 rings (SSSR count). The fraction of sp³-hybridized carbons (Fsp3) is 0.250. The number of imidazole rings is 1. The summed E-state index contributed by atoms with van der Waals surface area (Å²) >= 11 is 8.73. The molecule has 8 heteroatoms. The number of halogens is 2. The molecule has 106 valence electrons. The fourth-order valence-electron chi connectivity index (χ4n) is 1.93. The highest BCUT2D eigenvalue weighted by Crippen LogP contribution is 2.19. The van der Waals surface area contributed by atoms with E-state index in [9.17, 15) is 8.78 Å². The fourth-order valence-corrected chi connectivity index (χ4v) is 2.29. The lowest BCUT2D eigenvalue weighted by Crippen LogP contribution is -2.22. The molecule has 0 aliphatic carbocycles. The van der Waals surface area contributed by atoms with E-state index in [0.29, 0.717) is 5.82 Å². The van der Waals surface area contributed by atoms with Gasteiger partial charge in [-0.15, -0.1) is 12.6 Å². The van der Waals surface area contributed by atoms with Crippen LogP contribution >= 0.6 is 24.8 Å². The van der Waals surface area contributed by atoms with Crippen molar-refractivity contribution in [1.82, 2.24) is 14.8 Å². The number of aryl methyl sites for hydroxylation is 2. The first-order valence-electron chi connectivity index (χ1n) is 5.69. The molecule has 0 unspecified atom stereocenters. The highest BCUT2D eigenvalue weighted by molar-refractivity contribution is 7.80. The monoisotopic (exact) mass is 314 g/mol. The lowest BCUT2D eigenvalue weighted by molar-refractivity contribution is 0.224. The molecule has 0 saturated heterocycles. The summed E-state index contributed by atoms with van der Waals surface area (Å²) in [6, 6.07) is 1.93. The van der Waals surface area contributed by atoms with Gasteiger partial charge in [-0.2, -0.15) is 5.10 Å². The van der Waals surface area contributed by atoms with Gasteiger partial charge in [0, 0.05) is 11.1 Å². The number of thiol groups is 1. The van der Waals surface area contributed by atoms with Gasteiger partial charge < -0.3 is 0 Å². The van der Waals surface area contributed by atoms with Crippen LogP contribution in [0.4, 0.5) is 8.78 Å². The molecule has 0 aromatic carbocycles. The average Bonchev–Trinajstić information content (AvgIpc) is 2.65. The van der Waals surface area contributed by atoms with E-state index in [1.54, 1.807) is 6.20 Å². The van der Waals surface area contributed by atoms with Crippen molar-refractivity contribution in [3.05, 3.63) is 29.3 Å². The van der Waals surface area contributed by atoms with Gasteiger partial charge in [-0.1, -0.05) is 12.2 Å². The van der Waals surface area contributed by atoms with Gasteiger partial charge in [0.05, 0.1) is 17.4 Å². The number of rotatable bonds is 3. The smallest absolute Gasteiger partial charge is 0.289 e. The van der Waals surface area contributed by atoms with Crippen molar-refractivity contribution in [2.45, 2.75) is 25.2 Å². The van der Waals surface area contributed by atoms with E-state index >= 15 is 0 Å². The van der Waals surface area contributed by atoms with E-state index in [2.05, 4.69) is 40.4 Å². The lowest BCUT2D eigenvalue weighted by Gasteiger charge is -2.03. The third-order valence-electron chi connectivity index (χ3n) is 2.66. The predicted octanol–water partition coefficient (Wildman–Crippen LogP) is 2.76. The lowest BCUT2D eigenvalue weighted by atomic mass is 10.2. The largest absolute Gasteiger partial charge is 0.297 e. The number of fused-ring (bicyclic) bond motifs is 1. The second kappa shape index (κ2) is 5.84. The van der Waals surface area contributed by atoms with Crippen LogP contribution in [0, 0.1) is 13.8 Å². The Morgan fingerprint density at radius 1 is 1.55 bits per heavy atom. The Kier molecular flexibility index (Phi) is 4.34. The number of aromatic nitrogens is 2. The van der Waals surface area contributed by atoms with Gasteiger partial charge in [0.15, 0.2) is 10.8 Å².